The summed E-state index contributed by atoms with van der Waals surface area (Å²) < 4.78 is 1.94. The molecule has 2 rings (SSSR count). The van der Waals surface area contributed by atoms with Gasteiger partial charge in [-0.2, -0.15) is 5.10 Å². The fraction of sp³-hybridized carbons (Fsp3) is 0.300. The summed E-state index contributed by atoms with van der Waals surface area (Å²) >= 11 is 0. The topological polar surface area (TPSA) is 17.8 Å². The molecule has 1 heterocycles. The van der Waals surface area contributed by atoms with Crippen LogP contribution in [-0.2, 0) is 0 Å². The first-order chi connectivity index (χ1) is 5.86. The van der Waals surface area contributed by atoms with Crippen molar-refractivity contribution in [3.05, 3.63) is 36.2 Å². The first kappa shape index (κ1) is 7.35. The Labute approximate surface area is 72.2 Å². The van der Waals surface area contributed by atoms with Crippen LogP contribution in [0.1, 0.15) is 19.8 Å². The van der Waals surface area contributed by atoms with E-state index < -0.39 is 0 Å². The zero-order valence-corrected chi connectivity index (χ0v) is 7.20. The van der Waals surface area contributed by atoms with Crippen LogP contribution in [0.3, 0.4) is 0 Å². The van der Waals surface area contributed by atoms with Gasteiger partial charge in [0.1, 0.15) is 0 Å². The summed E-state index contributed by atoms with van der Waals surface area (Å²) in [6.07, 6.45) is 10.5. The second kappa shape index (κ2) is 2.97. The average molecular weight is 160 g/mol. The molecule has 0 N–H and O–H groups in total. The molecular formula is C10H12N2. The second-order valence-corrected chi connectivity index (χ2v) is 3.07. The molecule has 1 aromatic rings. The standard InChI is InChI=1S/C10H12N2/c1-9-4-2-5-10(8-9)12-7-3-6-11-12/h3-4,6-8H,2,5H2,1H3. The lowest BCUT2D eigenvalue weighted by Crippen LogP contribution is -2.00. The van der Waals surface area contributed by atoms with Crippen molar-refractivity contribution >= 4 is 5.70 Å². The molecule has 0 fully saturated rings. The maximum atomic E-state index is 4.20. The summed E-state index contributed by atoms with van der Waals surface area (Å²) in [4.78, 5) is 0. The second-order valence-electron chi connectivity index (χ2n) is 3.07. The number of nitrogens with zero attached hydrogens (tertiary/aromatic N) is 2. The number of aromatic nitrogens is 2. The fourth-order valence-corrected chi connectivity index (χ4v) is 1.46. The third kappa shape index (κ3) is 1.33. The van der Waals surface area contributed by atoms with E-state index in [1.165, 1.54) is 11.3 Å². The fourth-order valence-electron chi connectivity index (χ4n) is 1.46. The lowest BCUT2D eigenvalue weighted by molar-refractivity contribution is 0.834. The van der Waals surface area contributed by atoms with Gasteiger partial charge in [0, 0.05) is 18.1 Å². The molecule has 2 heteroatoms. The van der Waals surface area contributed by atoms with E-state index in [1.54, 1.807) is 0 Å². The van der Waals surface area contributed by atoms with Crippen LogP contribution in [0.15, 0.2) is 36.2 Å². The van der Waals surface area contributed by atoms with Gasteiger partial charge in [-0.3, -0.25) is 0 Å². The summed E-state index contributed by atoms with van der Waals surface area (Å²) in [7, 11) is 0. The predicted molar refractivity (Wildman–Crippen MR) is 49.5 cm³/mol. The van der Waals surface area contributed by atoms with Crippen LogP contribution in [0.4, 0.5) is 0 Å². The van der Waals surface area contributed by atoms with E-state index in [2.05, 4.69) is 24.2 Å². The van der Waals surface area contributed by atoms with Crippen LogP contribution in [0.5, 0.6) is 0 Å². The van der Waals surface area contributed by atoms with Gasteiger partial charge in [0.15, 0.2) is 0 Å². The molecule has 12 heavy (non-hydrogen) atoms. The lowest BCUT2D eigenvalue weighted by Gasteiger charge is -2.10. The predicted octanol–water partition coefficient (Wildman–Crippen LogP) is 2.46. The summed E-state index contributed by atoms with van der Waals surface area (Å²) in [5.74, 6) is 0. The van der Waals surface area contributed by atoms with E-state index in [4.69, 9.17) is 0 Å². The van der Waals surface area contributed by atoms with Crippen LogP contribution in [-0.4, -0.2) is 9.78 Å². The Hall–Kier alpha value is -1.31. The highest BCUT2D eigenvalue weighted by molar-refractivity contribution is 5.51. The largest absolute Gasteiger partial charge is 0.245 e. The maximum Gasteiger partial charge on any atom is 0.0493 e. The molecule has 0 aromatic carbocycles. The summed E-state index contributed by atoms with van der Waals surface area (Å²) in [5.41, 5.74) is 2.63. The quantitative estimate of drug-likeness (QED) is 0.617. The van der Waals surface area contributed by atoms with Crippen molar-refractivity contribution in [1.82, 2.24) is 9.78 Å². The van der Waals surface area contributed by atoms with Crippen molar-refractivity contribution in [1.29, 1.82) is 0 Å². The third-order valence-corrected chi connectivity index (χ3v) is 2.06. The molecule has 0 spiro atoms. The van der Waals surface area contributed by atoms with Gasteiger partial charge in [0.2, 0.25) is 0 Å². The van der Waals surface area contributed by atoms with Crippen molar-refractivity contribution in [3.8, 4) is 0 Å². The van der Waals surface area contributed by atoms with Crippen LogP contribution in [0.2, 0.25) is 0 Å². The van der Waals surface area contributed by atoms with E-state index >= 15 is 0 Å². The molecule has 0 radical (unpaired) electrons. The Bertz CT molecular complexity index is 318. The third-order valence-electron chi connectivity index (χ3n) is 2.06. The van der Waals surface area contributed by atoms with Crippen LogP contribution < -0.4 is 0 Å². The van der Waals surface area contributed by atoms with Gasteiger partial charge in [-0.15, -0.1) is 0 Å². The minimum Gasteiger partial charge on any atom is -0.245 e. The molecule has 1 aliphatic carbocycles. The zero-order valence-electron chi connectivity index (χ0n) is 7.20. The Morgan fingerprint density at radius 2 is 2.42 bits per heavy atom. The van der Waals surface area contributed by atoms with Gasteiger partial charge in [-0.05, 0) is 31.9 Å². The first-order valence-corrected chi connectivity index (χ1v) is 4.23. The van der Waals surface area contributed by atoms with Gasteiger partial charge in [0.25, 0.3) is 0 Å². The molecule has 0 amide bonds. The number of rotatable bonds is 1. The van der Waals surface area contributed by atoms with E-state index in [9.17, 15) is 0 Å². The van der Waals surface area contributed by atoms with Gasteiger partial charge >= 0.3 is 0 Å². The highest BCUT2D eigenvalue weighted by Gasteiger charge is 2.03. The van der Waals surface area contributed by atoms with Crippen molar-refractivity contribution in [3.63, 3.8) is 0 Å². The minimum absolute atomic E-state index is 1.10. The van der Waals surface area contributed by atoms with Crippen molar-refractivity contribution in [2.45, 2.75) is 19.8 Å². The molecule has 0 unspecified atom stereocenters. The molecule has 0 atom stereocenters. The van der Waals surface area contributed by atoms with E-state index in [-0.39, 0.29) is 0 Å². The van der Waals surface area contributed by atoms with E-state index in [1.807, 2.05) is 23.1 Å². The zero-order chi connectivity index (χ0) is 8.39. The average Bonchev–Trinajstić information content (AvgIpc) is 2.56. The van der Waals surface area contributed by atoms with Crippen LogP contribution in [0.25, 0.3) is 5.70 Å². The molecule has 2 nitrogen and oxygen atoms in total. The number of allylic oxidation sites excluding steroid dienone is 4. The monoisotopic (exact) mass is 160 g/mol. The van der Waals surface area contributed by atoms with Crippen molar-refractivity contribution < 1.29 is 0 Å². The Morgan fingerprint density at radius 3 is 3.08 bits per heavy atom. The smallest absolute Gasteiger partial charge is 0.0493 e. The summed E-state index contributed by atoms with van der Waals surface area (Å²) in [5, 5.41) is 4.20. The summed E-state index contributed by atoms with van der Waals surface area (Å²) in [6.45, 7) is 2.13. The molecule has 0 saturated heterocycles. The molecular weight excluding hydrogens is 148 g/mol. The Balaban J connectivity index is 2.31. The van der Waals surface area contributed by atoms with Crippen molar-refractivity contribution in [2.75, 3.05) is 0 Å². The van der Waals surface area contributed by atoms with Gasteiger partial charge in [0.05, 0.1) is 0 Å². The SMILES string of the molecule is CC1=CCCC(n2cccn2)=C1. The normalized spacial score (nSPS) is 17.1. The molecule has 0 bridgehead atoms. The van der Waals surface area contributed by atoms with Crippen molar-refractivity contribution in [2.24, 2.45) is 0 Å². The molecule has 1 aliphatic rings. The van der Waals surface area contributed by atoms with Crippen LogP contribution >= 0.6 is 0 Å². The van der Waals surface area contributed by atoms with E-state index in [0.29, 0.717) is 0 Å². The van der Waals surface area contributed by atoms with Gasteiger partial charge < -0.3 is 0 Å². The minimum atomic E-state index is 1.10. The van der Waals surface area contributed by atoms with Gasteiger partial charge in [-0.1, -0.05) is 11.6 Å². The molecule has 0 aliphatic heterocycles. The highest BCUT2D eigenvalue weighted by atomic mass is 15.3. The highest BCUT2D eigenvalue weighted by Crippen LogP contribution is 2.19. The summed E-state index contributed by atoms with van der Waals surface area (Å²) in [6, 6.07) is 1.95. The van der Waals surface area contributed by atoms with Gasteiger partial charge in [-0.25, -0.2) is 4.68 Å². The van der Waals surface area contributed by atoms with Crippen LogP contribution in [0, 0.1) is 0 Å². The molecule has 0 saturated carbocycles. The first-order valence-electron chi connectivity index (χ1n) is 4.23. The molecule has 1 aromatic heterocycles. The Morgan fingerprint density at radius 1 is 1.50 bits per heavy atom. The van der Waals surface area contributed by atoms with E-state index in [0.717, 1.165) is 12.8 Å². The number of hydrogen-bond donors (Lipinski definition) is 0. The Kier molecular flexibility index (Phi) is 1.82. The number of hydrogen-bond acceptors (Lipinski definition) is 1. The molecule has 62 valence electrons. The lowest BCUT2D eigenvalue weighted by atomic mass is 10.1. The maximum absolute atomic E-state index is 4.20.